The van der Waals surface area contributed by atoms with Gasteiger partial charge in [-0.25, -0.2) is 19.6 Å². The standard InChI is InChI=1S/C42H52N8O9/c1-8-11-49(40(52)30(10-3)48-42(54)57-7)19-35-43-16-31(46-35)26-12-28-22-59-34-15-27(13-29-23-58-33(14-26)37(28)38(29)34)32-17-44-36(47-32)20-50(18-25(9-2)21-55-5)39(51)24(4)45-41(53)56-6/h9-10,12-14,16-17,24-25,27,30H,2-3,8,11,15,18-23H2,1,4-7H3,(H,43,46)(H,44,47)(H,45,53)(H,48,54)/t24-,25?,27?,30-/m0/s1. The van der Waals surface area contributed by atoms with Crippen LogP contribution < -0.4 is 15.4 Å². The van der Waals surface area contributed by atoms with E-state index in [4.69, 9.17) is 18.9 Å². The van der Waals surface area contributed by atoms with Crippen molar-refractivity contribution < 1.29 is 42.9 Å². The van der Waals surface area contributed by atoms with E-state index < -0.39 is 24.3 Å². The molecule has 6 rings (SSSR count). The lowest BCUT2D eigenvalue weighted by Gasteiger charge is -2.35. The van der Waals surface area contributed by atoms with E-state index in [1.165, 1.54) is 20.3 Å². The maximum atomic E-state index is 13.5. The second kappa shape index (κ2) is 18.9. The first-order valence-electron chi connectivity index (χ1n) is 19.5. The third kappa shape index (κ3) is 9.52. The number of methoxy groups -OCH3 is 3. The molecule has 0 bridgehead atoms. The zero-order chi connectivity index (χ0) is 42.2. The van der Waals surface area contributed by atoms with Crippen LogP contribution in [0.3, 0.4) is 0 Å². The molecule has 1 aromatic carbocycles. The number of nitrogens with one attached hydrogen (secondary N) is 4. The first-order valence-corrected chi connectivity index (χ1v) is 19.5. The molecular weight excluding hydrogens is 761 g/mol. The van der Waals surface area contributed by atoms with Gasteiger partial charge in [-0.3, -0.25) is 9.59 Å². The Bertz CT molecular complexity index is 2140. The van der Waals surface area contributed by atoms with Crippen molar-refractivity contribution in [3.8, 4) is 17.0 Å². The highest BCUT2D eigenvalue weighted by Gasteiger charge is 2.36. The summed E-state index contributed by atoms with van der Waals surface area (Å²) in [6, 6.07) is 2.29. The van der Waals surface area contributed by atoms with Crippen LogP contribution in [0.2, 0.25) is 0 Å². The molecule has 0 saturated heterocycles. The van der Waals surface area contributed by atoms with Crippen molar-refractivity contribution in [3.05, 3.63) is 95.7 Å². The van der Waals surface area contributed by atoms with Crippen LogP contribution in [0.25, 0.3) is 16.8 Å². The number of amides is 4. The van der Waals surface area contributed by atoms with Crippen molar-refractivity contribution in [1.29, 1.82) is 0 Å². The first-order chi connectivity index (χ1) is 28.5. The van der Waals surface area contributed by atoms with E-state index in [0.29, 0.717) is 57.4 Å². The van der Waals surface area contributed by atoms with Gasteiger partial charge in [0, 0.05) is 72.6 Å². The van der Waals surface area contributed by atoms with Crippen molar-refractivity contribution in [2.45, 2.75) is 64.4 Å². The summed E-state index contributed by atoms with van der Waals surface area (Å²) < 4.78 is 27.5. The second-order valence-corrected chi connectivity index (χ2v) is 14.6. The molecule has 17 heteroatoms. The maximum Gasteiger partial charge on any atom is 0.407 e. The van der Waals surface area contributed by atoms with Crippen LogP contribution in [0, 0.1) is 5.92 Å². The quantitative estimate of drug-likeness (QED) is 0.130. The van der Waals surface area contributed by atoms with Crippen LogP contribution in [0.5, 0.6) is 5.75 Å². The summed E-state index contributed by atoms with van der Waals surface area (Å²) in [5.41, 5.74) is 6.56. The van der Waals surface area contributed by atoms with Gasteiger partial charge in [0.25, 0.3) is 0 Å². The summed E-state index contributed by atoms with van der Waals surface area (Å²) in [6.07, 6.45) is 8.71. The zero-order valence-electron chi connectivity index (χ0n) is 34.1. The Hall–Kier alpha value is -6.36. The second-order valence-electron chi connectivity index (χ2n) is 14.6. The van der Waals surface area contributed by atoms with Crippen LogP contribution in [-0.4, -0.2) is 113 Å². The normalized spacial score (nSPS) is 16.5. The number of H-pyrrole nitrogens is 2. The fourth-order valence-corrected chi connectivity index (χ4v) is 7.51. The number of hydrogen-bond donors (Lipinski definition) is 4. The molecular formula is C42H52N8O9. The SMILES string of the molecule is C=CC(COC)CN(Cc1ncc(C2C=C3COc4cc(-c5cnc(CN(CCC)C(=O)[C@H](C=C)NC(=O)OC)[nH]5)cc5c4C3=C(C2)OC5)[nH]1)C(=O)[C@H](C)NC(=O)OC. The third-order valence-corrected chi connectivity index (χ3v) is 10.4. The van der Waals surface area contributed by atoms with Gasteiger partial charge in [-0.15, -0.1) is 13.2 Å². The molecule has 0 spiro atoms. The summed E-state index contributed by atoms with van der Waals surface area (Å²) in [5, 5.41) is 5.06. The molecule has 1 aliphatic carbocycles. The Labute approximate surface area is 342 Å². The van der Waals surface area contributed by atoms with Crippen molar-refractivity contribution in [2.24, 2.45) is 5.92 Å². The minimum Gasteiger partial charge on any atom is -0.493 e. The molecule has 3 aliphatic rings. The van der Waals surface area contributed by atoms with Crippen LogP contribution in [-0.2, 0) is 48.2 Å². The number of carbonyl (C=O) groups is 4. The summed E-state index contributed by atoms with van der Waals surface area (Å²) in [6.45, 7) is 13.4. The van der Waals surface area contributed by atoms with Crippen LogP contribution >= 0.6 is 0 Å². The Morgan fingerprint density at radius 2 is 1.68 bits per heavy atom. The van der Waals surface area contributed by atoms with Gasteiger partial charge >= 0.3 is 12.2 Å². The Balaban J connectivity index is 1.17. The van der Waals surface area contributed by atoms with E-state index in [2.05, 4.69) is 60.6 Å². The number of hydrogen-bond acceptors (Lipinski definition) is 11. The van der Waals surface area contributed by atoms with Crippen molar-refractivity contribution in [1.82, 2.24) is 40.4 Å². The van der Waals surface area contributed by atoms with Gasteiger partial charge in [-0.05, 0) is 31.1 Å². The number of benzene rings is 1. The molecule has 59 heavy (non-hydrogen) atoms. The molecule has 4 amide bonds. The molecule has 2 aliphatic heterocycles. The van der Waals surface area contributed by atoms with Gasteiger partial charge in [0.2, 0.25) is 11.8 Å². The molecule has 314 valence electrons. The van der Waals surface area contributed by atoms with E-state index in [-0.39, 0.29) is 36.7 Å². The largest absolute Gasteiger partial charge is 0.493 e. The van der Waals surface area contributed by atoms with Crippen LogP contribution in [0.1, 0.15) is 61.1 Å². The molecule has 0 radical (unpaired) electrons. The third-order valence-electron chi connectivity index (χ3n) is 10.4. The summed E-state index contributed by atoms with van der Waals surface area (Å²) in [4.78, 5) is 69.7. The van der Waals surface area contributed by atoms with Gasteiger partial charge in [-0.2, -0.15) is 0 Å². The van der Waals surface area contributed by atoms with Crippen molar-refractivity contribution in [2.75, 3.05) is 47.6 Å². The lowest BCUT2D eigenvalue weighted by Crippen LogP contribution is -2.48. The first kappa shape index (κ1) is 42.3. The van der Waals surface area contributed by atoms with Crippen molar-refractivity contribution in [3.63, 3.8) is 0 Å². The molecule has 2 aromatic heterocycles. The highest BCUT2D eigenvalue weighted by molar-refractivity contribution is 5.90. The Morgan fingerprint density at radius 1 is 0.949 bits per heavy atom. The summed E-state index contributed by atoms with van der Waals surface area (Å²) in [7, 11) is 4.07. The predicted molar refractivity (Wildman–Crippen MR) is 216 cm³/mol. The fraction of sp³-hybridized carbons (Fsp3) is 0.429. The number of aromatic nitrogens is 4. The lowest BCUT2D eigenvalue weighted by atomic mass is 9.80. The van der Waals surface area contributed by atoms with E-state index in [1.807, 2.05) is 13.0 Å². The number of carbonyl (C=O) groups excluding carboxylic acids is 4. The lowest BCUT2D eigenvalue weighted by molar-refractivity contribution is -0.134. The Kier molecular flexibility index (Phi) is 13.6. The molecule has 0 fully saturated rings. The monoisotopic (exact) mass is 812 g/mol. The highest BCUT2D eigenvalue weighted by Crippen LogP contribution is 2.50. The highest BCUT2D eigenvalue weighted by atomic mass is 16.5. The van der Waals surface area contributed by atoms with E-state index in [9.17, 15) is 19.2 Å². The molecule has 4 heterocycles. The van der Waals surface area contributed by atoms with Gasteiger partial charge in [0.1, 0.15) is 48.5 Å². The van der Waals surface area contributed by atoms with Crippen molar-refractivity contribution >= 4 is 29.6 Å². The van der Waals surface area contributed by atoms with E-state index >= 15 is 0 Å². The van der Waals surface area contributed by atoms with Crippen LogP contribution in [0.4, 0.5) is 9.59 Å². The number of alkyl carbamates (subject to hydrolysis) is 2. The van der Waals surface area contributed by atoms with Gasteiger partial charge in [0.15, 0.2) is 0 Å². The molecule has 4 N–H and O–H groups in total. The maximum absolute atomic E-state index is 13.5. The topological polar surface area (TPSA) is 202 Å². The van der Waals surface area contributed by atoms with Gasteiger partial charge in [0.05, 0.1) is 45.8 Å². The summed E-state index contributed by atoms with van der Waals surface area (Å²) >= 11 is 0. The average molecular weight is 813 g/mol. The number of allylic oxidation sites excluding steroid dienone is 2. The van der Waals surface area contributed by atoms with E-state index in [1.54, 1.807) is 42.3 Å². The number of nitrogens with zero attached hydrogens (tertiary/aromatic N) is 4. The van der Waals surface area contributed by atoms with Crippen LogP contribution in [0.15, 0.2) is 67.2 Å². The number of aromatic amines is 2. The molecule has 4 atom stereocenters. The smallest absolute Gasteiger partial charge is 0.407 e. The molecule has 17 nitrogen and oxygen atoms in total. The van der Waals surface area contributed by atoms with Gasteiger partial charge in [-0.1, -0.05) is 25.2 Å². The minimum atomic E-state index is -0.942. The molecule has 3 aromatic rings. The van der Waals surface area contributed by atoms with Gasteiger partial charge < -0.3 is 54.1 Å². The predicted octanol–water partition coefficient (Wildman–Crippen LogP) is 4.72. The number of imidazole rings is 2. The van der Waals surface area contributed by atoms with E-state index in [0.717, 1.165) is 50.7 Å². The molecule has 2 unspecified atom stereocenters. The Morgan fingerprint density at radius 3 is 2.39 bits per heavy atom. The molecule has 0 saturated carbocycles. The average Bonchev–Trinajstić information content (AvgIpc) is 3.93. The fourth-order valence-electron chi connectivity index (χ4n) is 7.51. The summed E-state index contributed by atoms with van der Waals surface area (Å²) in [5.74, 6) is 1.97. The number of rotatable bonds is 18. The number of ether oxygens (including phenoxy) is 5. The minimum absolute atomic E-state index is 0.0740. The zero-order valence-corrected chi connectivity index (χ0v) is 34.1.